The Bertz CT molecular complexity index is 1230. The van der Waals surface area contributed by atoms with E-state index in [1.807, 2.05) is 48.6 Å². The Hall–Kier alpha value is -4.59. The van der Waals surface area contributed by atoms with Gasteiger partial charge in [-0.15, -0.1) is 0 Å². The van der Waals surface area contributed by atoms with Crippen molar-refractivity contribution in [3.05, 3.63) is 77.5 Å². The number of benzene rings is 3. The minimum atomic E-state index is -0.211. The van der Waals surface area contributed by atoms with Crippen LogP contribution in [0, 0.1) is 0 Å². The Balaban J connectivity index is 1.67. The van der Waals surface area contributed by atoms with Gasteiger partial charge >= 0.3 is 0 Å². The first-order valence-electron chi connectivity index (χ1n) is 11.3. The first kappa shape index (κ1) is 27.0. The van der Waals surface area contributed by atoms with Crippen LogP contribution in [-0.2, 0) is 0 Å². The van der Waals surface area contributed by atoms with Crippen molar-refractivity contribution < 1.29 is 33.2 Å². The number of nitrogens with one attached hydrogen (secondary N) is 1. The predicted molar refractivity (Wildman–Crippen MR) is 145 cm³/mol. The van der Waals surface area contributed by atoms with Crippen LogP contribution in [0.5, 0.6) is 34.5 Å². The van der Waals surface area contributed by atoms with E-state index in [0.29, 0.717) is 40.1 Å². The quantitative estimate of drug-likeness (QED) is 0.190. The molecule has 0 amide bonds. The summed E-state index contributed by atoms with van der Waals surface area (Å²) in [5, 5.41) is 3.11. The second kappa shape index (κ2) is 12.9. The number of hydrogen-bond donors (Lipinski definition) is 1. The van der Waals surface area contributed by atoms with Crippen molar-refractivity contribution in [1.82, 2.24) is 0 Å². The Morgan fingerprint density at radius 1 is 0.622 bits per heavy atom. The van der Waals surface area contributed by atoms with E-state index in [2.05, 4.69) is 5.32 Å². The van der Waals surface area contributed by atoms with Crippen molar-refractivity contribution in [3.8, 4) is 34.5 Å². The molecule has 0 saturated heterocycles. The van der Waals surface area contributed by atoms with Crippen molar-refractivity contribution >= 4 is 23.6 Å². The number of ketones is 1. The summed E-state index contributed by atoms with van der Waals surface area (Å²) in [4.78, 5) is 12.7. The van der Waals surface area contributed by atoms with Crippen molar-refractivity contribution in [3.63, 3.8) is 0 Å². The molecular weight excluding hydrogens is 474 g/mol. The highest BCUT2D eigenvalue weighted by Crippen LogP contribution is 2.39. The zero-order chi connectivity index (χ0) is 26.8. The molecule has 37 heavy (non-hydrogen) atoms. The van der Waals surface area contributed by atoms with E-state index < -0.39 is 0 Å². The number of allylic oxidation sites excluding steroid dienone is 1. The SMILES string of the molecule is COc1cc(/C=C\c2ccc(N/C=C\C(=O)c3cc(OC)c(OC)c(OC)c3)cc2)cc(OC)c1OC. The lowest BCUT2D eigenvalue weighted by molar-refractivity contribution is 0.104. The molecule has 3 aromatic carbocycles. The summed E-state index contributed by atoms with van der Waals surface area (Å²) in [6, 6.07) is 14.8. The maximum Gasteiger partial charge on any atom is 0.203 e. The molecule has 0 heterocycles. The Morgan fingerprint density at radius 2 is 1.08 bits per heavy atom. The molecule has 0 fully saturated rings. The van der Waals surface area contributed by atoms with E-state index in [1.54, 1.807) is 39.7 Å². The van der Waals surface area contributed by atoms with Crippen molar-refractivity contribution in [2.45, 2.75) is 0 Å². The normalized spacial score (nSPS) is 10.9. The second-order valence-corrected chi connectivity index (χ2v) is 7.67. The molecule has 0 radical (unpaired) electrons. The van der Waals surface area contributed by atoms with Gasteiger partial charge in [0.2, 0.25) is 11.5 Å². The van der Waals surface area contributed by atoms with Gasteiger partial charge in [0.05, 0.1) is 42.7 Å². The molecular formula is C29H31NO7. The Kier molecular flexibility index (Phi) is 9.43. The molecule has 8 heteroatoms. The Morgan fingerprint density at radius 3 is 1.54 bits per heavy atom. The molecule has 0 aliphatic rings. The van der Waals surface area contributed by atoms with Crippen molar-refractivity contribution in [1.29, 1.82) is 0 Å². The zero-order valence-corrected chi connectivity index (χ0v) is 21.8. The lowest BCUT2D eigenvalue weighted by Crippen LogP contribution is -2.01. The third kappa shape index (κ3) is 6.55. The summed E-state index contributed by atoms with van der Waals surface area (Å²) >= 11 is 0. The fourth-order valence-electron chi connectivity index (χ4n) is 3.61. The van der Waals surface area contributed by atoms with Gasteiger partial charge < -0.3 is 33.7 Å². The van der Waals surface area contributed by atoms with E-state index in [-0.39, 0.29) is 5.78 Å². The molecule has 0 spiro atoms. The molecule has 0 atom stereocenters. The maximum absolute atomic E-state index is 12.7. The average molecular weight is 506 g/mol. The second-order valence-electron chi connectivity index (χ2n) is 7.67. The topological polar surface area (TPSA) is 84.5 Å². The van der Waals surface area contributed by atoms with Crippen LogP contribution in [0.2, 0.25) is 0 Å². The van der Waals surface area contributed by atoms with Gasteiger partial charge in [-0.25, -0.2) is 0 Å². The van der Waals surface area contributed by atoms with Crippen molar-refractivity contribution in [2.24, 2.45) is 0 Å². The van der Waals surface area contributed by atoms with Crippen LogP contribution in [0.3, 0.4) is 0 Å². The average Bonchev–Trinajstić information content (AvgIpc) is 2.94. The van der Waals surface area contributed by atoms with Crippen LogP contribution in [0.25, 0.3) is 12.2 Å². The molecule has 0 aliphatic heterocycles. The molecule has 3 rings (SSSR count). The standard InChI is InChI=1S/C29H31NO7/c1-32-24-15-20(16-25(33-2)28(24)36-5)8-7-19-9-11-22(12-10-19)30-14-13-23(31)21-17-26(34-3)29(37-6)27(18-21)35-4/h7-18,30H,1-6H3/b8-7-,14-13-. The van der Waals surface area contributed by atoms with Crippen LogP contribution in [0.4, 0.5) is 5.69 Å². The van der Waals surface area contributed by atoms with Crippen LogP contribution in [0.1, 0.15) is 21.5 Å². The summed E-state index contributed by atoms with van der Waals surface area (Å²) in [5.41, 5.74) is 3.15. The molecule has 0 saturated carbocycles. The molecule has 0 aliphatic carbocycles. The number of carbonyl (C=O) groups is 1. The van der Waals surface area contributed by atoms with Gasteiger partial charge in [-0.2, -0.15) is 0 Å². The summed E-state index contributed by atoms with van der Waals surface area (Å²) in [7, 11) is 9.27. The van der Waals surface area contributed by atoms with E-state index >= 15 is 0 Å². The molecule has 0 unspecified atom stereocenters. The first-order chi connectivity index (χ1) is 18.0. The molecule has 0 bridgehead atoms. The lowest BCUT2D eigenvalue weighted by Gasteiger charge is -2.13. The Labute approximate surface area is 217 Å². The van der Waals surface area contributed by atoms with Gasteiger partial charge in [0, 0.05) is 23.5 Å². The minimum Gasteiger partial charge on any atom is -0.493 e. The molecule has 194 valence electrons. The van der Waals surface area contributed by atoms with E-state index in [0.717, 1.165) is 16.8 Å². The molecule has 8 nitrogen and oxygen atoms in total. The number of rotatable bonds is 12. The number of ether oxygens (including phenoxy) is 6. The fourth-order valence-corrected chi connectivity index (χ4v) is 3.61. The van der Waals surface area contributed by atoms with Crippen LogP contribution in [-0.4, -0.2) is 48.4 Å². The third-order valence-electron chi connectivity index (χ3n) is 5.50. The van der Waals surface area contributed by atoms with Gasteiger partial charge in [0.1, 0.15) is 0 Å². The van der Waals surface area contributed by atoms with Gasteiger partial charge in [-0.05, 0) is 47.5 Å². The molecule has 1 N–H and O–H groups in total. The minimum absolute atomic E-state index is 0.211. The first-order valence-corrected chi connectivity index (χ1v) is 11.3. The number of hydrogen-bond acceptors (Lipinski definition) is 8. The van der Waals surface area contributed by atoms with Gasteiger partial charge in [-0.1, -0.05) is 24.3 Å². The summed E-state index contributed by atoms with van der Waals surface area (Å²) in [5.74, 6) is 2.79. The number of anilines is 1. The largest absolute Gasteiger partial charge is 0.493 e. The van der Waals surface area contributed by atoms with Gasteiger partial charge in [0.15, 0.2) is 28.8 Å². The van der Waals surface area contributed by atoms with E-state index in [1.165, 1.54) is 27.4 Å². The number of methoxy groups -OCH3 is 6. The van der Waals surface area contributed by atoms with Crippen LogP contribution in [0.15, 0.2) is 60.8 Å². The van der Waals surface area contributed by atoms with Crippen molar-refractivity contribution in [2.75, 3.05) is 48.0 Å². The summed E-state index contributed by atoms with van der Waals surface area (Å²) < 4.78 is 32.1. The van der Waals surface area contributed by atoms with Gasteiger partial charge in [0.25, 0.3) is 0 Å². The predicted octanol–water partition coefficient (Wildman–Crippen LogP) is 5.72. The van der Waals surface area contributed by atoms with E-state index in [9.17, 15) is 4.79 Å². The summed E-state index contributed by atoms with van der Waals surface area (Å²) in [6.45, 7) is 0. The van der Waals surface area contributed by atoms with Crippen LogP contribution < -0.4 is 33.7 Å². The zero-order valence-electron chi connectivity index (χ0n) is 21.8. The van der Waals surface area contributed by atoms with Gasteiger partial charge in [-0.3, -0.25) is 4.79 Å². The van der Waals surface area contributed by atoms with E-state index in [4.69, 9.17) is 28.4 Å². The maximum atomic E-state index is 12.7. The van der Waals surface area contributed by atoms with Crippen LogP contribution >= 0.6 is 0 Å². The summed E-state index contributed by atoms with van der Waals surface area (Å²) in [6.07, 6.45) is 6.97. The third-order valence-corrected chi connectivity index (χ3v) is 5.50. The lowest BCUT2D eigenvalue weighted by atomic mass is 10.1. The smallest absolute Gasteiger partial charge is 0.203 e. The highest BCUT2D eigenvalue weighted by Gasteiger charge is 2.16. The number of carbonyl (C=O) groups excluding carboxylic acids is 1. The highest BCUT2D eigenvalue weighted by atomic mass is 16.5. The monoisotopic (exact) mass is 505 g/mol. The highest BCUT2D eigenvalue weighted by molar-refractivity contribution is 6.05. The fraction of sp³-hybridized carbons (Fsp3) is 0.207. The molecule has 0 aromatic heterocycles. The molecule has 3 aromatic rings.